The maximum Gasteiger partial charge on any atom is 0.0846 e. The predicted molar refractivity (Wildman–Crippen MR) is 72.4 cm³/mol. The summed E-state index contributed by atoms with van der Waals surface area (Å²) >= 11 is 0. The van der Waals surface area contributed by atoms with E-state index >= 15 is 0 Å². The minimum absolute atomic E-state index is 0.536. The number of fused-ring (bicyclic) bond motifs is 1. The molecular weight excluding hydrogens is 238 g/mol. The molecule has 0 amide bonds. The zero-order valence-electron chi connectivity index (χ0n) is 10.3. The summed E-state index contributed by atoms with van der Waals surface area (Å²) in [6.45, 7) is 0. The van der Waals surface area contributed by atoms with Crippen LogP contribution in [0.15, 0.2) is 55.0 Å². The molecule has 1 aromatic carbocycles. The summed E-state index contributed by atoms with van der Waals surface area (Å²) in [6, 6.07) is 11.7. The van der Waals surface area contributed by atoms with Crippen molar-refractivity contribution >= 4 is 10.9 Å². The first-order chi connectivity index (χ1) is 9.34. The molecule has 2 aromatic heterocycles. The topological polar surface area (TPSA) is 58.9 Å². The van der Waals surface area contributed by atoms with Crippen LogP contribution in [-0.2, 0) is 6.42 Å². The summed E-state index contributed by atoms with van der Waals surface area (Å²) in [5.74, 6) is 0. The normalized spacial score (nSPS) is 12.5. The summed E-state index contributed by atoms with van der Waals surface area (Å²) in [7, 11) is 0. The zero-order valence-corrected chi connectivity index (χ0v) is 10.3. The van der Waals surface area contributed by atoms with Crippen molar-refractivity contribution in [3.05, 3.63) is 66.1 Å². The highest BCUT2D eigenvalue weighted by Gasteiger charge is 2.11. The van der Waals surface area contributed by atoms with Crippen LogP contribution >= 0.6 is 0 Å². The third-order valence-electron chi connectivity index (χ3n) is 3.14. The van der Waals surface area contributed by atoms with E-state index in [0.717, 1.165) is 22.0 Å². The molecule has 0 aliphatic carbocycles. The molecule has 94 valence electrons. The molecule has 0 radical (unpaired) electrons. The molecule has 0 saturated carbocycles. The minimum Gasteiger partial charge on any atom is -0.388 e. The Morgan fingerprint density at radius 2 is 1.89 bits per heavy atom. The molecule has 0 saturated heterocycles. The van der Waals surface area contributed by atoms with Gasteiger partial charge in [0, 0.05) is 29.8 Å². The third-order valence-corrected chi connectivity index (χ3v) is 3.14. The van der Waals surface area contributed by atoms with E-state index in [1.807, 2.05) is 30.3 Å². The zero-order chi connectivity index (χ0) is 13.1. The fourth-order valence-electron chi connectivity index (χ4n) is 2.16. The highest BCUT2D eigenvalue weighted by atomic mass is 16.3. The molecule has 0 aliphatic rings. The smallest absolute Gasteiger partial charge is 0.0846 e. The van der Waals surface area contributed by atoms with E-state index in [2.05, 4.69) is 15.2 Å². The summed E-state index contributed by atoms with van der Waals surface area (Å²) < 4.78 is 0. The highest BCUT2D eigenvalue weighted by molar-refractivity contribution is 5.81. The second kappa shape index (κ2) is 5.12. The van der Waals surface area contributed by atoms with Crippen molar-refractivity contribution in [3.8, 4) is 0 Å². The fourth-order valence-corrected chi connectivity index (χ4v) is 2.16. The largest absolute Gasteiger partial charge is 0.388 e. The summed E-state index contributed by atoms with van der Waals surface area (Å²) in [6.07, 6.45) is 4.91. The SMILES string of the molecule is OC(Cc1ccnc2ccccc12)c1ccnnc1. The Kier molecular flexibility index (Phi) is 3.16. The van der Waals surface area contributed by atoms with E-state index in [1.165, 1.54) is 0 Å². The number of rotatable bonds is 3. The van der Waals surface area contributed by atoms with Gasteiger partial charge in [0.2, 0.25) is 0 Å². The lowest BCUT2D eigenvalue weighted by Gasteiger charge is -2.11. The first kappa shape index (κ1) is 11.7. The lowest BCUT2D eigenvalue weighted by Crippen LogP contribution is -2.03. The van der Waals surface area contributed by atoms with Crippen molar-refractivity contribution in [2.45, 2.75) is 12.5 Å². The molecule has 0 bridgehead atoms. The quantitative estimate of drug-likeness (QED) is 0.776. The number of benzene rings is 1. The van der Waals surface area contributed by atoms with Gasteiger partial charge in [0.1, 0.15) is 0 Å². The van der Waals surface area contributed by atoms with Gasteiger partial charge in [-0.2, -0.15) is 10.2 Å². The maximum atomic E-state index is 10.2. The number of hydrogen-bond donors (Lipinski definition) is 1. The van der Waals surface area contributed by atoms with E-state index in [4.69, 9.17) is 0 Å². The van der Waals surface area contributed by atoms with Crippen LogP contribution < -0.4 is 0 Å². The molecule has 2 heterocycles. The van der Waals surface area contributed by atoms with Crippen LogP contribution in [0.3, 0.4) is 0 Å². The van der Waals surface area contributed by atoms with Gasteiger partial charge in [0.05, 0.1) is 17.8 Å². The van der Waals surface area contributed by atoms with Crippen molar-refractivity contribution in [1.29, 1.82) is 0 Å². The highest BCUT2D eigenvalue weighted by Crippen LogP contribution is 2.22. The Morgan fingerprint density at radius 1 is 1.00 bits per heavy atom. The molecule has 0 fully saturated rings. The lowest BCUT2D eigenvalue weighted by atomic mass is 10.00. The molecule has 4 nitrogen and oxygen atoms in total. The number of aliphatic hydroxyl groups excluding tert-OH is 1. The van der Waals surface area contributed by atoms with Gasteiger partial charge in [-0.1, -0.05) is 18.2 Å². The minimum atomic E-state index is -0.582. The average molecular weight is 251 g/mol. The van der Waals surface area contributed by atoms with Gasteiger partial charge in [0.15, 0.2) is 0 Å². The summed E-state index contributed by atoms with van der Waals surface area (Å²) in [4.78, 5) is 4.32. The number of para-hydroxylation sites is 1. The standard InChI is InChI=1S/C15H13N3O/c19-15(12-6-8-17-18-10-12)9-11-5-7-16-14-4-2-1-3-13(11)14/h1-8,10,15,19H,9H2. The van der Waals surface area contributed by atoms with Crippen LogP contribution in [0.25, 0.3) is 10.9 Å². The molecule has 1 atom stereocenters. The number of hydrogen-bond acceptors (Lipinski definition) is 4. The molecule has 3 rings (SSSR count). The van der Waals surface area contributed by atoms with Crippen molar-refractivity contribution in [2.24, 2.45) is 0 Å². The molecule has 4 heteroatoms. The van der Waals surface area contributed by atoms with E-state index in [9.17, 15) is 5.11 Å². The monoisotopic (exact) mass is 251 g/mol. The van der Waals surface area contributed by atoms with Gasteiger partial charge in [0.25, 0.3) is 0 Å². The molecule has 3 aromatic rings. The van der Waals surface area contributed by atoms with Crippen molar-refractivity contribution in [2.75, 3.05) is 0 Å². The van der Waals surface area contributed by atoms with Crippen LogP contribution in [0.2, 0.25) is 0 Å². The van der Waals surface area contributed by atoms with Crippen molar-refractivity contribution in [1.82, 2.24) is 15.2 Å². The van der Waals surface area contributed by atoms with E-state index in [-0.39, 0.29) is 0 Å². The average Bonchev–Trinajstić information content (AvgIpc) is 2.48. The van der Waals surface area contributed by atoms with Crippen molar-refractivity contribution < 1.29 is 5.11 Å². The molecule has 19 heavy (non-hydrogen) atoms. The van der Waals surface area contributed by atoms with Gasteiger partial charge >= 0.3 is 0 Å². The first-order valence-electron chi connectivity index (χ1n) is 6.12. The summed E-state index contributed by atoms with van der Waals surface area (Å²) in [5.41, 5.74) is 2.80. The number of nitrogens with zero attached hydrogens (tertiary/aromatic N) is 3. The van der Waals surface area contributed by atoms with Crippen LogP contribution in [0, 0.1) is 0 Å². The van der Waals surface area contributed by atoms with Crippen LogP contribution in [-0.4, -0.2) is 20.3 Å². The number of aromatic nitrogens is 3. The van der Waals surface area contributed by atoms with Crippen LogP contribution in [0.4, 0.5) is 0 Å². The molecule has 1 N–H and O–H groups in total. The molecule has 0 aliphatic heterocycles. The van der Waals surface area contributed by atoms with E-state index < -0.39 is 6.10 Å². The Bertz CT molecular complexity index is 680. The van der Waals surface area contributed by atoms with E-state index in [1.54, 1.807) is 24.7 Å². The Labute approximate surface area is 110 Å². The molecule has 1 unspecified atom stereocenters. The van der Waals surface area contributed by atoms with Gasteiger partial charge < -0.3 is 5.11 Å². The van der Waals surface area contributed by atoms with Gasteiger partial charge in [-0.15, -0.1) is 0 Å². The summed E-state index contributed by atoms with van der Waals surface area (Å²) in [5, 5.41) is 18.8. The van der Waals surface area contributed by atoms with Crippen LogP contribution in [0.5, 0.6) is 0 Å². The van der Waals surface area contributed by atoms with Crippen LogP contribution in [0.1, 0.15) is 17.2 Å². The Morgan fingerprint density at radius 3 is 2.74 bits per heavy atom. The predicted octanol–water partition coefficient (Wildman–Crippen LogP) is 2.30. The fraction of sp³-hybridized carbons (Fsp3) is 0.133. The van der Waals surface area contributed by atoms with Gasteiger partial charge in [-0.25, -0.2) is 0 Å². The first-order valence-corrected chi connectivity index (χ1v) is 6.12. The number of aliphatic hydroxyl groups is 1. The maximum absolute atomic E-state index is 10.2. The number of pyridine rings is 1. The van der Waals surface area contributed by atoms with Gasteiger partial charge in [-0.3, -0.25) is 4.98 Å². The van der Waals surface area contributed by atoms with Crippen molar-refractivity contribution in [3.63, 3.8) is 0 Å². The Hall–Kier alpha value is -2.33. The second-order valence-electron chi connectivity index (χ2n) is 4.38. The molecule has 0 spiro atoms. The van der Waals surface area contributed by atoms with E-state index in [0.29, 0.717) is 6.42 Å². The third kappa shape index (κ3) is 2.44. The van der Waals surface area contributed by atoms with Gasteiger partial charge in [-0.05, 0) is 23.8 Å². The Balaban J connectivity index is 1.94. The molecular formula is C15H13N3O. The second-order valence-corrected chi connectivity index (χ2v) is 4.38. The lowest BCUT2D eigenvalue weighted by molar-refractivity contribution is 0.178.